The summed E-state index contributed by atoms with van der Waals surface area (Å²) in [6, 6.07) is 0. The van der Waals surface area contributed by atoms with Gasteiger partial charge in [-0.1, -0.05) is 5.18 Å². The number of hydrogen-bond donors (Lipinski definition) is 0. The van der Waals surface area contributed by atoms with Gasteiger partial charge in [0, 0.05) is 27.3 Å². The van der Waals surface area contributed by atoms with Crippen molar-refractivity contribution >= 4 is 27.3 Å². The van der Waals surface area contributed by atoms with Crippen LogP contribution >= 0.6 is 9.24 Å². The Bertz CT molecular complexity index is 16.4. The molecular weight excluding hydrogens is 138 g/mol. The molecule has 30 valence electrons. The van der Waals surface area contributed by atoms with Crippen LogP contribution in [0.4, 0.5) is 0 Å². The van der Waals surface area contributed by atoms with Gasteiger partial charge in [0.05, 0.1) is 7.85 Å². The zero-order valence-corrected chi connectivity index (χ0v) is 7.34. The van der Waals surface area contributed by atoms with Gasteiger partial charge in [-0.3, -0.25) is 0 Å². The van der Waals surface area contributed by atoms with E-state index in [9.17, 15) is 0 Å². The predicted octanol–water partition coefficient (Wildman–Crippen LogP) is -1.32. The van der Waals surface area contributed by atoms with Gasteiger partial charge in [0.1, 0.15) is 0 Å². The second-order valence-electron chi connectivity index (χ2n) is 0.859. The molecule has 2 atom stereocenters. The first-order valence-electron chi connectivity index (χ1n) is 1.24. The Hall–Kier alpha value is 1.23. The van der Waals surface area contributed by atoms with Crippen LogP contribution in [0.1, 0.15) is 0 Å². The summed E-state index contributed by atoms with van der Waals surface area (Å²) < 4.78 is 0. The molecule has 0 amide bonds. The van der Waals surface area contributed by atoms with Crippen molar-refractivity contribution < 1.29 is 17.1 Å². The number of hydrogen-bond acceptors (Lipinski definition) is 0. The van der Waals surface area contributed by atoms with Crippen molar-refractivity contribution in [3.63, 3.8) is 0 Å². The van der Waals surface area contributed by atoms with Crippen LogP contribution in [-0.4, -0.2) is 23.3 Å². The fraction of sp³-hybridized carbons (Fsp3) is 1.00. The maximum absolute atomic E-state index is 5.14. The van der Waals surface area contributed by atoms with Crippen LogP contribution < -0.4 is 0 Å². The molecule has 0 saturated carbocycles. The van der Waals surface area contributed by atoms with Crippen LogP contribution in [0.15, 0.2) is 0 Å². The molecule has 0 aliphatic rings. The van der Waals surface area contributed by atoms with E-state index in [0.29, 0.717) is 5.18 Å². The summed E-state index contributed by atoms with van der Waals surface area (Å²) >= 11 is 0. The topological polar surface area (TPSA) is 0 Å². The molecule has 0 saturated heterocycles. The van der Waals surface area contributed by atoms with Crippen molar-refractivity contribution in [3.05, 3.63) is 0 Å². The normalized spacial score (nSPS) is 13.0. The van der Waals surface area contributed by atoms with E-state index in [0.717, 1.165) is 10.2 Å². The van der Waals surface area contributed by atoms with Gasteiger partial charge in [-0.2, -0.15) is 0 Å². The minimum Gasteiger partial charge on any atom is -0.147 e. The predicted molar refractivity (Wildman–Crippen MR) is 29.2 cm³/mol. The molecule has 4 heteroatoms. The van der Waals surface area contributed by atoms with Crippen molar-refractivity contribution in [2.24, 2.45) is 0 Å². The molecule has 0 N–H and O–H groups in total. The van der Waals surface area contributed by atoms with Crippen molar-refractivity contribution in [1.29, 1.82) is 0 Å². The summed E-state index contributed by atoms with van der Waals surface area (Å²) in [4.78, 5) is 0. The van der Waals surface area contributed by atoms with Gasteiger partial charge in [-0.05, 0) is 0 Å². The Morgan fingerprint density at radius 2 is 1.80 bits per heavy atom. The molecule has 0 aliphatic heterocycles. The van der Waals surface area contributed by atoms with Gasteiger partial charge in [0.15, 0.2) is 0 Å². The molecule has 2 radical (unpaired) electrons. The minimum atomic E-state index is 0. The van der Waals surface area contributed by atoms with E-state index < -0.39 is 0 Å². The molecule has 0 aromatic rings. The van der Waals surface area contributed by atoms with Crippen LogP contribution in [0, 0.1) is 0 Å². The molecule has 2 unspecified atom stereocenters. The van der Waals surface area contributed by atoms with Gasteiger partial charge in [-0.25, -0.2) is 0 Å². The van der Waals surface area contributed by atoms with E-state index >= 15 is 0 Å². The third-order valence-electron chi connectivity index (χ3n) is 0. The summed E-state index contributed by atoms with van der Waals surface area (Å²) in [6.07, 6.45) is 0. The van der Waals surface area contributed by atoms with Gasteiger partial charge in [-0.15, -0.1) is 9.24 Å². The second kappa shape index (κ2) is 5.23. The smallest absolute Gasteiger partial charge is 0.0704 e. The van der Waals surface area contributed by atoms with Crippen LogP contribution in [0.3, 0.4) is 0 Å². The average Bonchev–Trinajstić information content (AvgIpc) is 0.811. The summed E-state index contributed by atoms with van der Waals surface area (Å²) in [5.74, 6) is 0. The van der Waals surface area contributed by atoms with Crippen molar-refractivity contribution in [2.45, 2.75) is 5.18 Å². The van der Waals surface area contributed by atoms with Crippen LogP contribution in [0.25, 0.3) is 0 Å². The summed E-state index contributed by atoms with van der Waals surface area (Å²) in [6.45, 7) is 0. The number of rotatable bonds is 0. The van der Waals surface area contributed by atoms with Crippen LogP contribution in [-0.2, 0) is 17.1 Å². The molecule has 0 heterocycles. The zero-order valence-electron chi connectivity index (χ0n) is 3.09. The fourth-order valence-corrected chi connectivity index (χ4v) is 0. The Kier molecular flexibility index (Phi) is 9.97. The molecule has 0 aliphatic carbocycles. The maximum atomic E-state index is 5.14. The minimum absolute atomic E-state index is 0. The molecule has 5 heavy (non-hydrogen) atoms. The third-order valence-corrected chi connectivity index (χ3v) is 0. The molecule has 0 nitrogen and oxygen atoms in total. The maximum Gasteiger partial charge on any atom is 0.0704 e. The third kappa shape index (κ3) is 36.0. The standard InChI is InChI=1S/CH6BPSi.Fe/c2-1(3)4;/h1H,3H2,4H3;. The van der Waals surface area contributed by atoms with E-state index in [1.807, 2.05) is 0 Å². The van der Waals surface area contributed by atoms with E-state index in [2.05, 4.69) is 9.24 Å². The molecule has 0 rings (SSSR count). The Morgan fingerprint density at radius 1 is 1.80 bits per heavy atom. The van der Waals surface area contributed by atoms with E-state index in [4.69, 9.17) is 7.85 Å². The Labute approximate surface area is 50.0 Å². The fourth-order valence-electron chi connectivity index (χ4n) is 0. The Morgan fingerprint density at radius 3 is 1.80 bits per heavy atom. The molecule has 0 bridgehead atoms. The largest absolute Gasteiger partial charge is 0.147 e. The van der Waals surface area contributed by atoms with E-state index in [1.54, 1.807) is 0 Å². The molecule has 0 aromatic carbocycles. The average molecular weight is 144 g/mol. The van der Waals surface area contributed by atoms with Gasteiger partial charge in [0.2, 0.25) is 0 Å². The zero-order chi connectivity index (χ0) is 3.58. The second-order valence-corrected chi connectivity index (χ2v) is 4.58. The monoisotopic (exact) mass is 144 g/mol. The van der Waals surface area contributed by atoms with Gasteiger partial charge < -0.3 is 0 Å². The van der Waals surface area contributed by atoms with Crippen molar-refractivity contribution in [2.75, 3.05) is 0 Å². The SMILES string of the molecule is [B]C([SiH3])P.[Fe]. The first-order chi connectivity index (χ1) is 1.73. The first-order valence-corrected chi connectivity index (χ1v) is 3.07. The molecule has 0 aromatic heterocycles. The quantitative estimate of drug-likeness (QED) is 0.292. The molecular formula is CH6BFePSi. The molecule has 0 spiro atoms. The van der Waals surface area contributed by atoms with E-state index in [-0.39, 0.29) is 17.1 Å². The van der Waals surface area contributed by atoms with Gasteiger partial charge in [0.25, 0.3) is 0 Å². The first kappa shape index (κ1) is 9.52. The van der Waals surface area contributed by atoms with Crippen LogP contribution in [0.5, 0.6) is 0 Å². The molecule has 0 fully saturated rings. The Balaban J connectivity index is 0. The van der Waals surface area contributed by atoms with Crippen molar-refractivity contribution in [3.8, 4) is 0 Å². The van der Waals surface area contributed by atoms with E-state index in [1.165, 1.54) is 0 Å². The van der Waals surface area contributed by atoms with Gasteiger partial charge >= 0.3 is 0 Å². The summed E-state index contributed by atoms with van der Waals surface area (Å²) in [7, 11) is 8.72. The van der Waals surface area contributed by atoms with Crippen molar-refractivity contribution in [1.82, 2.24) is 0 Å². The summed E-state index contributed by atoms with van der Waals surface area (Å²) in [5.41, 5.74) is 0. The van der Waals surface area contributed by atoms with Crippen LogP contribution in [0.2, 0.25) is 0 Å². The summed E-state index contributed by atoms with van der Waals surface area (Å²) in [5, 5.41) is 0.389.